The molecule has 1 amide bonds. The summed E-state index contributed by atoms with van der Waals surface area (Å²) in [6, 6.07) is 18.2. The van der Waals surface area contributed by atoms with Gasteiger partial charge in [0.15, 0.2) is 0 Å². The normalized spacial score (nSPS) is 17.9. The highest BCUT2D eigenvalue weighted by Gasteiger charge is 2.28. The summed E-state index contributed by atoms with van der Waals surface area (Å²) in [5, 5.41) is 3.10. The number of ether oxygens (including phenoxy) is 1. The molecule has 1 N–H and O–H groups in total. The van der Waals surface area contributed by atoms with Crippen molar-refractivity contribution in [1.82, 2.24) is 10.2 Å². The van der Waals surface area contributed by atoms with Gasteiger partial charge in [-0.05, 0) is 42.6 Å². The Labute approximate surface area is 149 Å². The lowest BCUT2D eigenvalue weighted by Gasteiger charge is -2.34. The Morgan fingerprint density at radius 3 is 2.72 bits per heavy atom. The summed E-state index contributed by atoms with van der Waals surface area (Å²) < 4.78 is 5.24. The summed E-state index contributed by atoms with van der Waals surface area (Å²) in [5.74, 6) is 0.938. The quantitative estimate of drug-likeness (QED) is 0.878. The van der Waals surface area contributed by atoms with Gasteiger partial charge in [0, 0.05) is 13.1 Å². The number of piperidine rings is 1. The van der Waals surface area contributed by atoms with Crippen molar-refractivity contribution in [2.24, 2.45) is 0 Å². The SMILES string of the molecule is COc1cccc(CNC(=O)[C@H]2CCCCN2Cc2ccccc2)c1. The largest absolute Gasteiger partial charge is 0.497 e. The Morgan fingerprint density at radius 2 is 1.92 bits per heavy atom. The fraction of sp³-hybridized carbons (Fsp3) is 0.381. The third-order valence-corrected chi connectivity index (χ3v) is 4.75. The van der Waals surface area contributed by atoms with Gasteiger partial charge in [-0.3, -0.25) is 9.69 Å². The minimum absolute atomic E-state index is 0.0421. The van der Waals surface area contributed by atoms with Crippen LogP contribution in [0.2, 0.25) is 0 Å². The molecule has 25 heavy (non-hydrogen) atoms. The number of carbonyl (C=O) groups is 1. The van der Waals surface area contributed by atoms with Gasteiger partial charge in [0.1, 0.15) is 5.75 Å². The molecule has 1 fully saturated rings. The highest BCUT2D eigenvalue weighted by atomic mass is 16.5. The van der Waals surface area contributed by atoms with Crippen molar-refractivity contribution in [2.45, 2.75) is 38.4 Å². The second kappa shape index (κ2) is 8.67. The second-order valence-corrected chi connectivity index (χ2v) is 6.54. The molecule has 0 aliphatic carbocycles. The number of amides is 1. The highest BCUT2D eigenvalue weighted by molar-refractivity contribution is 5.81. The lowest BCUT2D eigenvalue weighted by Crippen LogP contribution is -2.48. The van der Waals surface area contributed by atoms with E-state index >= 15 is 0 Å². The zero-order valence-electron chi connectivity index (χ0n) is 14.8. The van der Waals surface area contributed by atoms with Gasteiger partial charge in [-0.1, -0.05) is 48.9 Å². The second-order valence-electron chi connectivity index (χ2n) is 6.54. The van der Waals surface area contributed by atoms with Crippen LogP contribution in [0.15, 0.2) is 54.6 Å². The van der Waals surface area contributed by atoms with Crippen molar-refractivity contribution in [1.29, 1.82) is 0 Å². The highest BCUT2D eigenvalue weighted by Crippen LogP contribution is 2.20. The van der Waals surface area contributed by atoms with E-state index in [-0.39, 0.29) is 11.9 Å². The summed E-state index contributed by atoms with van der Waals surface area (Å²) in [4.78, 5) is 15.0. The van der Waals surface area contributed by atoms with Gasteiger partial charge in [-0.2, -0.15) is 0 Å². The van der Waals surface area contributed by atoms with Gasteiger partial charge in [0.05, 0.1) is 13.2 Å². The predicted octanol–water partition coefficient (Wildman–Crippen LogP) is 3.37. The van der Waals surface area contributed by atoms with E-state index in [1.807, 2.05) is 30.3 Å². The monoisotopic (exact) mass is 338 g/mol. The van der Waals surface area contributed by atoms with Crippen molar-refractivity contribution >= 4 is 5.91 Å². The molecule has 1 atom stereocenters. The van der Waals surface area contributed by atoms with Gasteiger partial charge in [-0.15, -0.1) is 0 Å². The Balaban J connectivity index is 1.60. The molecule has 3 rings (SSSR count). The molecule has 1 heterocycles. The minimum Gasteiger partial charge on any atom is -0.497 e. The topological polar surface area (TPSA) is 41.6 Å². The van der Waals surface area contributed by atoms with E-state index < -0.39 is 0 Å². The van der Waals surface area contributed by atoms with E-state index in [1.165, 1.54) is 5.56 Å². The number of hydrogen-bond donors (Lipinski definition) is 1. The smallest absolute Gasteiger partial charge is 0.237 e. The molecule has 4 heteroatoms. The molecule has 0 spiro atoms. The van der Waals surface area contributed by atoms with E-state index in [0.717, 1.165) is 43.7 Å². The summed E-state index contributed by atoms with van der Waals surface area (Å²) in [6.07, 6.45) is 3.20. The third kappa shape index (κ3) is 4.83. The molecular weight excluding hydrogens is 312 g/mol. The first kappa shape index (κ1) is 17.5. The molecule has 0 bridgehead atoms. The molecule has 0 saturated carbocycles. The van der Waals surface area contributed by atoms with Crippen molar-refractivity contribution in [3.8, 4) is 5.75 Å². The van der Waals surface area contributed by atoms with Crippen LogP contribution in [0.5, 0.6) is 5.75 Å². The Kier molecular flexibility index (Phi) is 6.07. The Hall–Kier alpha value is -2.33. The predicted molar refractivity (Wildman–Crippen MR) is 99.3 cm³/mol. The number of carbonyl (C=O) groups excluding carboxylic acids is 1. The minimum atomic E-state index is -0.0421. The average molecular weight is 338 g/mol. The summed E-state index contributed by atoms with van der Waals surface area (Å²) >= 11 is 0. The number of nitrogens with zero attached hydrogens (tertiary/aromatic N) is 1. The van der Waals surface area contributed by atoms with E-state index in [9.17, 15) is 4.79 Å². The van der Waals surface area contributed by atoms with Crippen LogP contribution in [-0.4, -0.2) is 30.5 Å². The van der Waals surface area contributed by atoms with Crippen molar-refractivity contribution in [3.63, 3.8) is 0 Å². The number of benzene rings is 2. The van der Waals surface area contributed by atoms with Gasteiger partial charge in [0.25, 0.3) is 0 Å². The van der Waals surface area contributed by atoms with Gasteiger partial charge < -0.3 is 10.1 Å². The van der Waals surface area contributed by atoms with Crippen LogP contribution >= 0.6 is 0 Å². The number of rotatable bonds is 6. The lowest BCUT2D eigenvalue weighted by molar-refractivity contribution is -0.128. The van der Waals surface area contributed by atoms with Gasteiger partial charge >= 0.3 is 0 Å². The number of methoxy groups -OCH3 is 1. The van der Waals surface area contributed by atoms with Crippen molar-refractivity contribution in [2.75, 3.05) is 13.7 Å². The molecule has 1 saturated heterocycles. The van der Waals surface area contributed by atoms with Gasteiger partial charge in [-0.25, -0.2) is 0 Å². The molecule has 0 unspecified atom stereocenters. The van der Waals surface area contributed by atoms with Crippen LogP contribution in [-0.2, 0) is 17.9 Å². The summed E-state index contributed by atoms with van der Waals surface area (Å²) in [6.45, 7) is 2.34. The number of hydrogen-bond acceptors (Lipinski definition) is 3. The van der Waals surface area contributed by atoms with Crippen molar-refractivity contribution < 1.29 is 9.53 Å². The fourth-order valence-electron chi connectivity index (χ4n) is 3.38. The molecule has 2 aromatic rings. The molecule has 0 aromatic heterocycles. The Morgan fingerprint density at radius 1 is 1.12 bits per heavy atom. The molecule has 4 nitrogen and oxygen atoms in total. The van der Waals surface area contributed by atoms with E-state index in [1.54, 1.807) is 7.11 Å². The van der Waals surface area contributed by atoms with Crippen LogP contribution in [0.1, 0.15) is 30.4 Å². The Bertz CT molecular complexity index is 687. The van der Waals surface area contributed by atoms with Crippen LogP contribution in [0.25, 0.3) is 0 Å². The van der Waals surface area contributed by atoms with Crippen LogP contribution in [0.3, 0.4) is 0 Å². The molecule has 0 radical (unpaired) electrons. The summed E-state index contributed by atoms with van der Waals surface area (Å²) in [5.41, 5.74) is 2.31. The maximum atomic E-state index is 12.7. The number of likely N-dealkylation sites (tertiary alicyclic amines) is 1. The van der Waals surface area contributed by atoms with Crippen LogP contribution in [0.4, 0.5) is 0 Å². The zero-order valence-corrected chi connectivity index (χ0v) is 14.8. The molecule has 132 valence electrons. The first-order chi connectivity index (χ1) is 12.3. The number of nitrogens with one attached hydrogen (secondary N) is 1. The average Bonchev–Trinajstić information content (AvgIpc) is 2.67. The molecule has 1 aliphatic rings. The first-order valence-electron chi connectivity index (χ1n) is 8.95. The zero-order chi connectivity index (χ0) is 17.5. The van der Waals surface area contributed by atoms with Gasteiger partial charge in [0.2, 0.25) is 5.91 Å². The standard InChI is InChI=1S/C21H26N2O2/c1-25-19-11-7-10-18(14-19)15-22-21(24)20-12-5-6-13-23(20)16-17-8-3-2-4-9-17/h2-4,7-11,14,20H,5-6,12-13,15-16H2,1H3,(H,22,24)/t20-/m1/s1. The molecule has 1 aliphatic heterocycles. The van der Waals surface area contributed by atoms with E-state index in [0.29, 0.717) is 6.54 Å². The first-order valence-corrected chi connectivity index (χ1v) is 8.95. The van der Waals surface area contributed by atoms with Crippen LogP contribution < -0.4 is 10.1 Å². The lowest BCUT2D eigenvalue weighted by atomic mass is 10.00. The maximum absolute atomic E-state index is 12.7. The van der Waals surface area contributed by atoms with E-state index in [4.69, 9.17) is 4.74 Å². The fourth-order valence-corrected chi connectivity index (χ4v) is 3.38. The van der Waals surface area contributed by atoms with E-state index in [2.05, 4.69) is 34.5 Å². The maximum Gasteiger partial charge on any atom is 0.237 e. The summed E-state index contributed by atoms with van der Waals surface area (Å²) in [7, 11) is 1.65. The molecule has 2 aromatic carbocycles. The van der Waals surface area contributed by atoms with Crippen LogP contribution in [0, 0.1) is 0 Å². The molecular formula is C21H26N2O2. The third-order valence-electron chi connectivity index (χ3n) is 4.75. The van der Waals surface area contributed by atoms with Crippen molar-refractivity contribution in [3.05, 3.63) is 65.7 Å².